The van der Waals surface area contributed by atoms with Crippen molar-refractivity contribution in [3.8, 4) is 11.5 Å². The fourth-order valence-electron chi connectivity index (χ4n) is 3.03. The minimum Gasteiger partial charge on any atom is -0.497 e. The summed E-state index contributed by atoms with van der Waals surface area (Å²) in [6, 6.07) is 5.00. The minimum absolute atomic E-state index is 0.340. The molecule has 0 radical (unpaired) electrons. The molecule has 0 aliphatic carbocycles. The number of ether oxygens (including phenoxy) is 2. The molecule has 2 N–H and O–H groups in total. The molecule has 0 saturated heterocycles. The number of benzene rings is 1. The van der Waals surface area contributed by atoms with Crippen molar-refractivity contribution < 1.29 is 9.47 Å². The van der Waals surface area contributed by atoms with Crippen molar-refractivity contribution in [3.63, 3.8) is 0 Å². The number of fused-ring (bicyclic) bond motifs is 2. The van der Waals surface area contributed by atoms with E-state index in [4.69, 9.17) is 9.47 Å². The van der Waals surface area contributed by atoms with Crippen molar-refractivity contribution in [2.45, 2.75) is 13.0 Å². The van der Waals surface area contributed by atoms with Gasteiger partial charge in [-0.2, -0.15) is 9.78 Å². The van der Waals surface area contributed by atoms with Crippen LogP contribution in [0.3, 0.4) is 0 Å². The Hall–Kier alpha value is -3.43. The SMILES string of the molecule is COc1ccc([C@@H]2c3c(C)n[nH]c(=O)c3Nc3nnnn32)c(OC)c1. The number of anilines is 2. The summed E-state index contributed by atoms with van der Waals surface area (Å²) < 4.78 is 12.4. The van der Waals surface area contributed by atoms with Gasteiger partial charge in [-0.1, -0.05) is 5.10 Å². The van der Waals surface area contributed by atoms with Crippen LogP contribution in [0.1, 0.15) is 22.9 Å². The normalized spacial score (nSPS) is 15.1. The number of aromatic amines is 1. The highest BCUT2D eigenvalue weighted by molar-refractivity contribution is 5.65. The number of methoxy groups -OCH3 is 2. The molecule has 10 nitrogen and oxygen atoms in total. The van der Waals surface area contributed by atoms with E-state index in [0.717, 1.165) is 5.56 Å². The van der Waals surface area contributed by atoms with E-state index < -0.39 is 6.04 Å². The molecule has 10 heteroatoms. The zero-order valence-electron chi connectivity index (χ0n) is 13.8. The number of hydrogen-bond acceptors (Lipinski definition) is 8. The van der Waals surface area contributed by atoms with Crippen molar-refractivity contribution in [1.29, 1.82) is 0 Å². The van der Waals surface area contributed by atoms with Gasteiger partial charge in [0.1, 0.15) is 23.2 Å². The summed E-state index contributed by atoms with van der Waals surface area (Å²) in [6.07, 6.45) is 0. The average molecular weight is 341 g/mol. The Morgan fingerprint density at radius 2 is 2.08 bits per heavy atom. The monoisotopic (exact) mass is 341 g/mol. The van der Waals surface area contributed by atoms with Crippen LogP contribution in [0.2, 0.25) is 0 Å². The highest BCUT2D eigenvalue weighted by Gasteiger charge is 2.34. The third-order valence-electron chi connectivity index (χ3n) is 4.19. The number of H-pyrrole nitrogens is 1. The fraction of sp³-hybridized carbons (Fsp3) is 0.267. The highest BCUT2D eigenvalue weighted by Crippen LogP contribution is 2.41. The number of tetrazole rings is 1. The summed E-state index contributed by atoms with van der Waals surface area (Å²) in [4.78, 5) is 12.3. The Balaban J connectivity index is 2.01. The molecule has 0 unspecified atom stereocenters. The van der Waals surface area contributed by atoms with Crippen molar-refractivity contribution >= 4 is 11.6 Å². The molecule has 3 heterocycles. The Morgan fingerprint density at radius 3 is 2.84 bits per heavy atom. The van der Waals surface area contributed by atoms with Gasteiger partial charge in [0, 0.05) is 17.2 Å². The Bertz CT molecular complexity index is 1010. The Labute approximate surface area is 141 Å². The largest absolute Gasteiger partial charge is 0.497 e. The maximum absolute atomic E-state index is 12.3. The smallest absolute Gasteiger partial charge is 0.288 e. The molecule has 1 aromatic carbocycles. The lowest BCUT2D eigenvalue weighted by molar-refractivity contribution is 0.386. The first-order chi connectivity index (χ1) is 12.1. The predicted molar refractivity (Wildman–Crippen MR) is 87.5 cm³/mol. The molecule has 3 aromatic rings. The van der Waals surface area contributed by atoms with Gasteiger partial charge in [0.2, 0.25) is 5.95 Å². The summed E-state index contributed by atoms with van der Waals surface area (Å²) in [5.74, 6) is 1.62. The van der Waals surface area contributed by atoms with Crippen molar-refractivity contribution in [2.75, 3.05) is 19.5 Å². The van der Waals surface area contributed by atoms with E-state index in [-0.39, 0.29) is 5.56 Å². The lowest BCUT2D eigenvalue weighted by Gasteiger charge is -2.28. The van der Waals surface area contributed by atoms with E-state index >= 15 is 0 Å². The third kappa shape index (κ3) is 2.22. The molecule has 0 spiro atoms. The molecule has 0 bridgehead atoms. The molecule has 4 rings (SSSR count). The zero-order valence-corrected chi connectivity index (χ0v) is 13.8. The standard InChI is InChI=1S/C15H15N7O3/c1-7-11-12(14(23)18-17-7)16-15-19-20-21-22(15)13(11)9-5-4-8(24-2)6-10(9)25-3/h4-6,13H,1-3H3,(H,18,23)(H,16,19,21)/t13-/m1/s1. The van der Waals surface area contributed by atoms with Crippen LogP contribution in [0.15, 0.2) is 23.0 Å². The van der Waals surface area contributed by atoms with Gasteiger partial charge in [0.05, 0.1) is 19.9 Å². The molecule has 1 aliphatic heterocycles. The van der Waals surface area contributed by atoms with Crippen LogP contribution in [0, 0.1) is 6.92 Å². The molecule has 25 heavy (non-hydrogen) atoms. The third-order valence-corrected chi connectivity index (χ3v) is 4.19. The average Bonchev–Trinajstić information content (AvgIpc) is 3.11. The number of hydrogen-bond donors (Lipinski definition) is 2. The molecule has 1 aliphatic rings. The van der Waals surface area contributed by atoms with E-state index in [1.165, 1.54) is 0 Å². The predicted octanol–water partition coefficient (Wildman–Crippen LogP) is 0.777. The van der Waals surface area contributed by atoms with Crippen LogP contribution < -0.4 is 20.3 Å². The lowest BCUT2D eigenvalue weighted by Crippen LogP contribution is -2.29. The second-order valence-electron chi connectivity index (χ2n) is 5.51. The molecular weight excluding hydrogens is 326 g/mol. The number of rotatable bonds is 3. The summed E-state index contributed by atoms with van der Waals surface area (Å²) >= 11 is 0. The van der Waals surface area contributed by atoms with Crippen LogP contribution in [0.25, 0.3) is 0 Å². The van der Waals surface area contributed by atoms with E-state index in [2.05, 4.69) is 31.0 Å². The number of aryl methyl sites for hydroxylation is 1. The molecule has 2 aromatic heterocycles. The second kappa shape index (κ2) is 5.58. The first-order valence-corrected chi connectivity index (χ1v) is 7.50. The number of aromatic nitrogens is 6. The van der Waals surface area contributed by atoms with Crippen LogP contribution in [0.5, 0.6) is 11.5 Å². The van der Waals surface area contributed by atoms with E-state index in [9.17, 15) is 4.79 Å². The summed E-state index contributed by atoms with van der Waals surface area (Å²) in [5, 5.41) is 21.3. The van der Waals surface area contributed by atoms with Gasteiger partial charge in [0.15, 0.2) is 0 Å². The molecular formula is C15H15N7O3. The maximum Gasteiger partial charge on any atom is 0.288 e. The van der Waals surface area contributed by atoms with Crippen molar-refractivity contribution in [3.05, 3.63) is 45.4 Å². The Morgan fingerprint density at radius 1 is 1.24 bits per heavy atom. The maximum atomic E-state index is 12.3. The summed E-state index contributed by atoms with van der Waals surface area (Å²) in [7, 11) is 3.16. The lowest BCUT2D eigenvalue weighted by atomic mass is 9.94. The van der Waals surface area contributed by atoms with Crippen LogP contribution >= 0.6 is 0 Å². The van der Waals surface area contributed by atoms with Gasteiger partial charge in [-0.3, -0.25) is 4.79 Å². The van der Waals surface area contributed by atoms with Gasteiger partial charge in [-0.25, -0.2) is 5.10 Å². The fourth-order valence-corrected chi connectivity index (χ4v) is 3.03. The zero-order chi connectivity index (χ0) is 17.6. The van der Waals surface area contributed by atoms with Gasteiger partial charge >= 0.3 is 0 Å². The quantitative estimate of drug-likeness (QED) is 0.561. The van der Waals surface area contributed by atoms with Crippen LogP contribution in [0.4, 0.5) is 11.6 Å². The molecule has 1 atom stereocenters. The van der Waals surface area contributed by atoms with Gasteiger partial charge < -0.3 is 14.8 Å². The molecule has 0 saturated carbocycles. The summed E-state index contributed by atoms with van der Waals surface area (Å²) in [6.45, 7) is 1.81. The van der Waals surface area contributed by atoms with E-state index in [1.54, 1.807) is 25.0 Å². The number of nitrogens with one attached hydrogen (secondary N) is 2. The van der Waals surface area contributed by atoms with E-state index in [1.807, 2.05) is 19.1 Å². The van der Waals surface area contributed by atoms with Crippen molar-refractivity contribution in [2.24, 2.45) is 0 Å². The first-order valence-electron chi connectivity index (χ1n) is 7.50. The van der Waals surface area contributed by atoms with Gasteiger partial charge in [0.25, 0.3) is 5.56 Å². The van der Waals surface area contributed by atoms with Gasteiger partial charge in [-0.15, -0.1) is 0 Å². The first kappa shape index (κ1) is 15.1. The van der Waals surface area contributed by atoms with Crippen LogP contribution in [-0.4, -0.2) is 44.6 Å². The van der Waals surface area contributed by atoms with Crippen molar-refractivity contribution in [1.82, 2.24) is 30.4 Å². The topological polar surface area (TPSA) is 120 Å². The highest BCUT2D eigenvalue weighted by atomic mass is 16.5. The van der Waals surface area contributed by atoms with Gasteiger partial charge in [-0.05, 0) is 29.5 Å². The summed E-state index contributed by atoms with van der Waals surface area (Å²) in [5.41, 5.74) is 2.17. The number of nitrogens with zero attached hydrogens (tertiary/aromatic N) is 5. The Kier molecular flexibility index (Phi) is 3.38. The molecule has 0 amide bonds. The molecule has 0 fully saturated rings. The molecule has 128 valence electrons. The van der Waals surface area contributed by atoms with E-state index in [0.29, 0.717) is 34.4 Å². The van der Waals surface area contributed by atoms with Crippen LogP contribution in [-0.2, 0) is 0 Å². The second-order valence-corrected chi connectivity index (χ2v) is 5.51. The minimum atomic E-state index is -0.461.